The molecule has 1 aliphatic heterocycles. The Morgan fingerprint density at radius 1 is 0.714 bits per heavy atom. The van der Waals surface area contributed by atoms with Gasteiger partial charge in [0.2, 0.25) is 11.8 Å². The van der Waals surface area contributed by atoms with Crippen LogP contribution in [0.25, 0.3) is 12.2 Å². The zero-order valence-electron chi connectivity index (χ0n) is 32.9. The molecule has 2 aliphatic carbocycles. The maximum Gasteiger partial charge on any atom is 0.360 e. The number of aliphatic hydroxyl groups is 3. The number of esters is 2. The van der Waals surface area contributed by atoms with Gasteiger partial charge in [-0.1, -0.05) is 113 Å². The van der Waals surface area contributed by atoms with Crippen LogP contribution in [0.5, 0.6) is 0 Å². The Bertz CT molecular complexity index is 1870. The molecule has 0 radical (unpaired) electrons. The minimum Gasteiger partial charge on any atom is -0.457 e. The van der Waals surface area contributed by atoms with E-state index < -0.39 is 47.2 Å². The highest BCUT2D eigenvalue weighted by molar-refractivity contribution is 5.87. The summed E-state index contributed by atoms with van der Waals surface area (Å²) in [7, 11) is 0. The Kier molecular flexibility index (Phi) is 14.6. The Morgan fingerprint density at radius 3 is 1.61 bits per heavy atom. The van der Waals surface area contributed by atoms with Gasteiger partial charge in [-0.2, -0.15) is 0 Å². The Hall–Kier alpha value is -4.84. The zero-order valence-corrected chi connectivity index (χ0v) is 32.9. The molecule has 0 spiro atoms. The summed E-state index contributed by atoms with van der Waals surface area (Å²) in [6.45, 7) is 9.23. The largest absolute Gasteiger partial charge is 0.457 e. The van der Waals surface area contributed by atoms with Crippen molar-refractivity contribution in [1.82, 2.24) is 9.97 Å². The van der Waals surface area contributed by atoms with Crippen molar-refractivity contribution in [3.63, 3.8) is 0 Å². The highest BCUT2D eigenvalue weighted by Gasteiger charge is 2.40. The van der Waals surface area contributed by atoms with Crippen molar-refractivity contribution in [1.29, 1.82) is 0 Å². The van der Waals surface area contributed by atoms with E-state index in [4.69, 9.17) is 18.3 Å². The molecule has 2 aromatic rings. The molecular weight excluding hydrogens is 712 g/mol. The lowest BCUT2D eigenvalue weighted by Gasteiger charge is -2.36. The second-order valence-corrected chi connectivity index (χ2v) is 15.9. The van der Waals surface area contributed by atoms with Gasteiger partial charge in [-0.3, -0.25) is 0 Å². The number of rotatable bonds is 8. The van der Waals surface area contributed by atoms with Gasteiger partial charge in [-0.15, -0.1) is 0 Å². The Balaban J connectivity index is 1.35. The normalized spacial score (nSPS) is 29.9. The van der Waals surface area contributed by atoms with E-state index in [1.807, 2.05) is 58.9 Å². The number of ether oxygens (including phenoxy) is 2. The minimum absolute atomic E-state index is 0.0302. The number of hydrogen-bond donors (Lipinski definition) is 3. The summed E-state index contributed by atoms with van der Waals surface area (Å²) in [5.74, 6) is 0.525. The summed E-state index contributed by atoms with van der Waals surface area (Å²) >= 11 is 0. The van der Waals surface area contributed by atoms with Crippen LogP contribution in [0.1, 0.15) is 99.5 Å². The fourth-order valence-corrected chi connectivity index (χ4v) is 6.46. The lowest BCUT2D eigenvalue weighted by Crippen LogP contribution is -2.42. The molecule has 0 aromatic carbocycles. The van der Waals surface area contributed by atoms with Crippen LogP contribution >= 0.6 is 0 Å². The van der Waals surface area contributed by atoms with E-state index >= 15 is 0 Å². The highest BCUT2D eigenvalue weighted by atomic mass is 16.6. The maximum absolute atomic E-state index is 13.3. The topological polar surface area (TPSA) is 165 Å². The van der Waals surface area contributed by atoms with Gasteiger partial charge >= 0.3 is 11.9 Å². The van der Waals surface area contributed by atoms with Crippen molar-refractivity contribution >= 4 is 24.1 Å². The molecule has 3 N–H and O–H groups in total. The molecule has 4 bridgehead atoms. The molecule has 56 heavy (non-hydrogen) atoms. The van der Waals surface area contributed by atoms with Gasteiger partial charge in [0, 0.05) is 42.4 Å². The van der Waals surface area contributed by atoms with Gasteiger partial charge in [-0.25, -0.2) is 19.6 Å². The second kappa shape index (κ2) is 19.3. The first-order valence-corrected chi connectivity index (χ1v) is 19.5. The van der Waals surface area contributed by atoms with Gasteiger partial charge in [0.1, 0.15) is 24.7 Å². The second-order valence-electron chi connectivity index (χ2n) is 15.9. The van der Waals surface area contributed by atoms with E-state index in [2.05, 4.69) is 34.3 Å². The van der Waals surface area contributed by atoms with E-state index in [0.717, 1.165) is 12.8 Å². The fraction of sp³-hybridized carbons (Fsp3) is 0.467. The highest BCUT2D eigenvalue weighted by Crippen LogP contribution is 2.42. The van der Waals surface area contributed by atoms with Gasteiger partial charge in [-0.05, 0) is 49.9 Å². The number of nitrogens with zero attached hydrogens (tertiary/aromatic N) is 2. The molecule has 5 rings (SSSR count). The van der Waals surface area contributed by atoms with Gasteiger partial charge in [0.15, 0.2) is 11.4 Å². The molecule has 1 unspecified atom stereocenters. The molecule has 11 nitrogen and oxygen atoms in total. The Labute approximate surface area is 329 Å². The van der Waals surface area contributed by atoms with Gasteiger partial charge < -0.3 is 33.6 Å². The van der Waals surface area contributed by atoms with Crippen molar-refractivity contribution in [3.8, 4) is 0 Å². The summed E-state index contributed by atoms with van der Waals surface area (Å²) in [5, 5.41) is 31.2. The number of hydrogen-bond acceptors (Lipinski definition) is 11. The lowest BCUT2D eigenvalue weighted by molar-refractivity contribution is -0.0462. The standard InChI is InChI=1S/C45H56N2O9/c1-6-15-36(49)44(2,3)38-21-13-18-32-26-30(32)16-7-10-24-41-47-35(29-54-41)43(52)56-39(45(4,5)37(50)20-11-12-25-48)22-14-19-33-27-31(33)17-8-9-23-40-46-34(28-53-40)42(51)55-38/h6-11,13-20,23-24,28-33,36-39,48-50H,12,21-22,25-27H2,1-5H3/b15-6+,16-7+,17-8+,18-13-,19-14-,20-11+,23-9-,24-10-/t30-,31+,32?,33-,36-,37-,38-,39-/m0/s1. The summed E-state index contributed by atoms with van der Waals surface area (Å²) < 4.78 is 23.1. The molecule has 2 fully saturated rings. The number of aliphatic hydroxyl groups excluding tert-OH is 3. The smallest absolute Gasteiger partial charge is 0.360 e. The SMILES string of the molecule is C/C=C/[C@H](O)C(C)(C)[C@@H]1C/C=C\C2C[C@@H]2/C=C/C=C\c2nc(co2)C(=O)O[C@H](C(C)(C)[C@@H](O)/C=C/CCO)C/C=C\[C@H]2C[C@H]2/C=C/C=C\c2nc(co2)C(=O)O1. The van der Waals surface area contributed by atoms with E-state index in [9.17, 15) is 24.9 Å². The van der Waals surface area contributed by atoms with Crippen LogP contribution in [0.4, 0.5) is 0 Å². The monoisotopic (exact) mass is 768 g/mol. The molecule has 0 amide bonds. The first-order chi connectivity index (χ1) is 26.8. The molecule has 3 heterocycles. The number of oxazole rings is 2. The van der Waals surface area contributed by atoms with Crippen molar-refractivity contribution in [2.45, 2.75) is 91.1 Å². The van der Waals surface area contributed by atoms with Crippen LogP contribution in [-0.4, -0.2) is 68.2 Å². The third kappa shape index (κ3) is 11.6. The molecule has 0 saturated heterocycles. The first-order valence-electron chi connectivity index (χ1n) is 19.5. The van der Waals surface area contributed by atoms with Crippen LogP contribution in [0.15, 0.2) is 106 Å². The van der Waals surface area contributed by atoms with Crippen LogP contribution < -0.4 is 0 Å². The average molecular weight is 769 g/mol. The van der Waals surface area contributed by atoms with Crippen molar-refractivity contribution in [2.75, 3.05) is 6.61 Å². The molecule has 2 aromatic heterocycles. The summed E-state index contributed by atoms with van der Waals surface area (Å²) in [6, 6.07) is 0. The maximum atomic E-state index is 13.3. The predicted octanol–water partition coefficient (Wildman–Crippen LogP) is 8.02. The number of carbonyl (C=O) groups is 2. The average Bonchev–Trinajstić information content (AvgIpc) is 3.96. The third-order valence-electron chi connectivity index (χ3n) is 10.8. The number of allylic oxidation sites excluding steroid dienone is 9. The molecule has 11 heteroatoms. The zero-order chi connectivity index (χ0) is 40.3. The quantitative estimate of drug-likeness (QED) is 0.176. The third-order valence-corrected chi connectivity index (χ3v) is 10.8. The van der Waals surface area contributed by atoms with E-state index in [-0.39, 0.29) is 29.8 Å². The van der Waals surface area contributed by atoms with Crippen molar-refractivity contribution in [3.05, 3.63) is 121 Å². The minimum atomic E-state index is -0.938. The summed E-state index contributed by atoms with van der Waals surface area (Å²) in [6.07, 6.45) is 32.5. The van der Waals surface area contributed by atoms with Crippen LogP contribution in [0.3, 0.4) is 0 Å². The molecule has 8 atom stereocenters. The molecule has 2 saturated carbocycles. The number of carbonyl (C=O) groups excluding carboxylic acids is 2. The lowest BCUT2D eigenvalue weighted by atomic mass is 9.78. The van der Waals surface area contributed by atoms with Crippen LogP contribution in [0, 0.1) is 34.5 Å². The van der Waals surface area contributed by atoms with E-state index in [0.29, 0.717) is 42.9 Å². The molecule has 300 valence electrons. The molecular formula is C45H56N2O9. The predicted molar refractivity (Wildman–Crippen MR) is 214 cm³/mol. The van der Waals surface area contributed by atoms with E-state index in [1.54, 1.807) is 48.6 Å². The molecule has 3 aliphatic rings. The summed E-state index contributed by atoms with van der Waals surface area (Å²) in [5.41, 5.74) is -1.58. The number of cyclic esters (lactones) is 2. The van der Waals surface area contributed by atoms with Crippen LogP contribution in [-0.2, 0) is 9.47 Å². The van der Waals surface area contributed by atoms with E-state index in [1.165, 1.54) is 12.5 Å². The number of fused-ring (bicyclic) bond motifs is 6. The van der Waals surface area contributed by atoms with Gasteiger partial charge in [0.05, 0.1) is 12.2 Å². The van der Waals surface area contributed by atoms with Crippen LogP contribution in [0.2, 0.25) is 0 Å². The van der Waals surface area contributed by atoms with Gasteiger partial charge in [0.25, 0.3) is 0 Å². The van der Waals surface area contributed by atoms with Crippen molar-refractivity contribution in [2.24, 2.45) is 34.5 Å². The summed E-state index contributed by atoms with van der Waals surface area (Å²) in [4.78, 5) is 35.2. The van der Waals surface area contributed by atoms with Crippen molar-refractivity contribution < 1.29 is 43.2 Å². The fourth-order valence-electron chi connectivity index (χ4n) is 6.46. The Morgan fingerprint density at radius 2 is 1.16 bits per heavy atom. The first kappa shape index (κ1) is 42.3. The number of aromatic nitrogens is 2.